The highest BCUT2D eigenvalue weighted by Gasteiger charge is 2.17. The Bertz CT molecular complexity index is 295. The molecule has 0 aliphatic carbocycles. The number of nitrogens with zero attached hydrogens (tertiary/aromatic N) is 1. The van der Waals surface area contributed by atoms with Crippen LogP contribution in [0.4, 0.5) is 0 Å². The first-order valence-electron chi connectivity index (χ1n) is 5.26. The van der Waals surface area contributed by atoms with E-state index in [4.69, 9.17) is 10.2 Å². The molecule has 1 atom stereocenters. The van der Waals surface area contributed by atoms with Crippen molar-refractivity contribution in [3.63, 3.8) is 0 Å². The number of nitrogens with two attached hydrogens (primary N) is 1. The molecule has 3 nitrogen and oxygen atoms in total. The molecular weight excluding hydrogens is 176 g/mol. The smallest absolute Gasteiger partial charge is 0.118 e. The first-order valence-corrected chi connectivity index (χ1v) is 5.26. The van der Waals surface area contributed by atoms with E-state index in [0.29, 0.717) is 6.04 Å². The largest absolute Gasteiger partial charge is 0.468 e. The Morgan fingerprint density at radius 2 is 2.50 bits per heavy atom. The Hall–Kier alpha value is -0.800. The molecule has 1 aromatic rings. The van der Waals surface area contributed by atoms with Crippen LogP contribution in [0, 0.1) is 6.92 Å². The Kier molecular flexibility index (Phi) is 2.89. The normalized spacial score (nSPS) is 24.0. The fraction of sp³-hybridized carbons (Fsp3) is 0.636. The van der Waals surface area contributed by atoms with Crippen molar-refractivity contribution in [3.05, 3.63) is 23.7 Å². The monoisotopic (exact) mass is 194 g/mol. The minimum absolute atomic E-state index is 0.347. The summed E-state index contributed by atoms with van der Waals surface area (Å²) in [6.07, 6.45) is 4.17. The van der Waals surface area contributed by atoms with Gasteiger partial charge in [0.25, 0.3) is 0 Å². The second-order valence-electron chi connectivity index (χ2n) is 4.23. The highest BCUT2D eigenvalue weighted by Crippen LogP contribution is 2.14. The molecule has 0 spiro atoms. The van der Waals surface area contributed by atoms with Crippen molar-refractivity contribution in [1.82, 2.24) is 4.90 Å². The van der Waals surface area contributed by atoms with Gasteiger partial charge in [0, 0.05) is 12.6 Å². The summed E-state index contributed by atoms with van der Waals surface area (Å²) < 4.78 is 5.42. The van der Waals surface area contributed by atoms with Gasteiger partial charge in [0.05, 0.1) is 12.8 Å². The van der Waals surface area contributed by atoms with Gasteiger partial charge in [0.15, 0.2) is 0 Å². The van der Waals surface area contributed by atoms with Crippen molar-refractivity contribution in [3.8, 4) is 0 Å². The molecule has 1 saturated heterocycles. The summed E-state index contributed by atoms with van der Waals surface area (Å²) in [6.45, 7) is 5.10. The third-order valence-electron chi connectivity index (χ3n) is 2.71. The predicted molar refractivity (Wildman–Crippen MR) is 55.9 cm³/mol. The maximum atomic E-state index is 5.91. The van der Waals surface area contributed by atoms with Crippen LogP contribution in [0.15, 0.2) is 16.7 Å². The molecule has 0 saturated carbocycles. The molecule has 3 heteroatoms. The van der Waals surface area contributed by atoms with E-state index in [0.717, 1.165) is 31.8 Å². The molecule has 2 heterocycles. The fourth-order valence-corrected chi connectivity index (χ4v) is 2.03. The predicted octanol–water partition coefficient (Wildman–Crippen LogP) is 1.51. The van der Waals surface area contributed by atoms with Gasteiger partial charge in [-0.2, -0.15) is 0 Å². The molecule has 1 fully saturated rings. The summed E-state index contributed by atoms with van der Waals surface area (Å²) in [5.74, 6) is 1.05. The van der Waals surface area contributed by atoms with Crippen molar-refractivity contribution in [1.29, 1.82) is 0 Å². The first-order chi connectivity index (χ1) is 6.74. The van der Waals surface area contributed by atoms with Crippen LogP contribution < -0.4 is 5.73 Å². The van der Waals surface area contributed by atoms with Gasteiger partial charge in [0.2, 0.25) is 0 Å². The number of aryl methyl sites for hydroxylation is 1. The van der Waals surface area contributed by atoms with Crippen LogP contribution in [0.3, 0.4) is 0 Å². The molecule has 1 unspecified atom stereocenters. The zero-order valence-electron chi connectivity index (χ0n) is 8.70. The lowest BCUT2D eigenvalue weighted by atomic mass is 10.1. The summed E-state index contributed by atoms with van der Waals surface area (Å²) in [5.41, 5.74) is 7.11. The number of rotatable bonds is 2. The minimum atomic E-state index is 0.347. The van der Waals surface area contributed by atoms with E-state index in [-0.39, 0.29) is 0 Å². The number of hydrogen-bond acceptors (Lipinski definition) is 3. The summed E-state index contributed by atoms with van der Waals surface area (Å²) in [4.78, 5) is 2.37. The van der Waals surface area contributed by atoms with Crippen LogP contribution >= 0.6 is 0 Å². The molecule has 0 amide bonds. The third kappa shape index (κ3) is 2.36. The fourth-order valence-electron chi connectivity index (χ4n) is 2.03. The van der Waals surface area contributed by atoms with Crippen molar-refractivity contribution >= 4 is 0 Å². The zero-order chi connectivity index (χ0) is 9.97. The standard InChI is InChI=1S/C11H18N2O/c1-9-5-11(14-8-9)7-13-4-2-3-10(12)6-13/h5,8,10H,2-4,6-7,12H2,1H3. The van der Waals surface area contributed by atoms with E-state index in [2.05, 4.69) is 17.9 Å². The van der Waals surface area contributed by atoms with Gasteiger partial charge in [-0.1, -0.05) is 0 Å². The van der Waals surface area contributed by atoms with Crippen LogP contribution in [-0.2, 0) is 6.54 Å². The van der Waals surface area contributed by atoms with Crippen LogP contribution in [0.5, 0.6) is 0 Å². The molecule has 14 heavy (non-hydrogen) atoms. The number of piperidine rings is 1. The molecule has 2 N–H and O–H groups in total. The molecule has 1 aromatic heterocycles. The average molecular weight is 194 g/mol. The van der Waals surface area contributed by atoms with Gasteiger partial charge < -0.3 is 10.2 Å². The van der Waals surface area contributed by atoms with Gasteiger partial charge >= 0.3 is 0 Å². The molecule has 1 aliphatic heterocycles. The van der Waals surface area contributed by atoms with Crippen LogP contribution in [-0.4, -0.2) is 24.0 Å². The second-order valence-corrected chi connectivity index (χ2v) is 4.23. The number of furan rings is 1. The van der Waals surface area contributed by atoms with Gasteiger partial charge in [-0.25, -0.2) is 0 Å². The van der Waals surface area contributed by atoms with Gasteiger partial charge in [0.1, 0.15) is 5.76 Å². The molecular formula is C11H18N2O. The maximum absolute atomic E-state index is 5.91. The second kappa shape index (κ2) is 4.15. The average Bonchev–Trinajstić information content (AvgIpc) is 2.51. The highest BCUT2D eigenvalue weighted by atomic mass is 16.3. The lowest BCUT2D eigenvalue weighted by molar-refractivity contribution is 0.188. The van der Waals surface area contributed by atoms with Crippen LogP contribution in [0.2, 0.25) is 0 Å². The molecule has 0 aromatic carbocycles. The van der Waals surface area contributed by atoms with Gasteiger partial charge in [-0.3, -0.25) is 4.90 Å². The van der Waals surface area contributed by atoms with Crippen molar-refractivity contribution in [2.75, 3.05) is 13.1 Å². The van der Waals surface area contributed by atoms with E-state index < -0.39 is 0 Å². The summed E-state index contributed by atoms with van der Waals surface area (Å²) in [7, 11) is 0. The summed E-state index contributed by atoms with van der Waals surface area (Å²) >= 11 is 0. The lowest BCUT2D eigenvalue weighted by Gasteiger charge is -2.29. The molecule has 2 rings (SSSR count). The molecule has 1 aliphatic rings. The van der Waals surface area contributed by atoms with Crippen LogP contribution in [0.25, 0.3) is 0 Å². The van der Waals surface area contributed by atoms with Crippen molar-refractivity contribution in [2.45, 2.75) is 32.4 Å². The minimum Gasteiger partial charge on any atom is -0.468 e. The Balaban J connectivity index is 1.90. The van der Waals surface area contributed by atoms with E-state index in [9.17, 15) is 0 Å². The van der Waals surface area contributed by atoms with E-state index >= 15 is 0 Å². The Morgan fingerprint density at radius 1 is 1.64 bits per heavy atom. The zero-order valence-corrected chi connectivity index (χ0v) is 8.70. The quantitative estimate of drug-likeness (QED) is 0.776. The molecule has 0 radical (unpaired) electrons. The van der Waals surface area contributed by atoms with Crippen molar-refractivity contribution < 1.29 is 4.42 Å². The molecule has 0 bridgehead atoms. The van der Waals surface area contributed by atoms with E-state index in [1.807, 2.05) is 0 Å². The van der Waals surface area contributed by atoms with Gasteiger partial charge in [-0.05, 0) is 37.9 Å². The summed E-state index contributed by atoms with van der Waals surface area (Å²) in [5, 5.41) is 0. The lowest BCUT2D eigenvalue weighted by Crippen LogP contribution is -2.42. The number of hydrogen-bond donors (Lipinski definition) is 1. The SMILES string of the molecule is Cc1coc(CN2CCCC(N)C2)c1. The number of likely N-dealkylation sites (tertiary alicyclic amines) is 1. The Morgan fingerprint density at radius 3 is 3.14 bits per heavy atom. The Labute approximate surface area is 84.9 Å². The third-order valence-corrected chi connectivity index (χ3v) is 2.71. The topological polar surface area (TPSA) is 42.4 Å². The van der Waals surface area contributed by atoms with E-state index in [1.54, 1.807) is 6.26 Å². The van der Waals surface area contributed by atoms with Crippen LogP contribution in [0.1, 0.15) is 24.2 Å². The van der Waals surface area contributed by atoms with E-state index in [1.165, 1.54) is 12.0 Å². The maximum Gasteiger partial charge on any atom is 0.118 e. The highest BCUT2D eigenvalue weighted by molar-refractivity contribution is 5.10. The van der Waals surface area contributed by atoms with Crippen molar-refractivity contribution in [2.24, 2.45) is 5.73 Å². The first kappa shape index (κ1) is 9.74. The summed E-state index contributed by atoms with van der Waals surface area (Å²) in [6, 6.07) is 2.44. The van der Waals surface area contributed by atoms with Gasteiger partial charge in [-0.15, -0.1) is 0 Å². The molecule has 78 valence electrons.